The molecule has 0 bridgehead atoms. The molecule has 14 rings (SSSR count). The Bertz CT molecular complexity index is 4240. The Hall–Kier alpha value is -8.87. The molecule has 0 atom stereocenters. The van der Waals surface area contributed by atoms with Gasteiger partial charge in [0.1, 0.15) is 11.2 Å². The lowest BCUT2D eigenvalue weighted by Crippen LogP contribution is -2.01. The number of hydrogen-bond donors (Lipinski definition) is 0. The van der Waals surface area contributed by atoms with E-state index >= 15 is 0 Å². The van der Waals surface area contributed by atoms with Crippen LogP contribution in [0.1, 0.15) is 0 Å². The van der Waals surface area contributed by atoms with Gasteiger partial charge < -0.3 is 13.6 Å². The summed E-state index contributed by atoms with van der Waals surface area (Å²) < 4.78 is 11.5. The zero-order valence-corrected chi connectivity index (χ0v) is 34.9. The molecule has 6 nitrogen and oxygen atoms in total. The second-order valence-electron chi connectivity index (χ2n) is 16.8. The Labute approximate surface area is 371 Å². The first-order valence-electron chi connectivity index (χ1n) is 21.9. The number of furan rings is 1. The summed E-state index contributed by atoms with van der Waals surface area (Å²) in [6.07, 6.45) is 0. The summed E-state index contributed by atoms with van der Waals surface area (Å²) in [4.78, 5) is 16.1. The molecule has 0 aliphatic carbocycles. The van der Waals surface area contributed by atoms with Crippen LogP contribution in [0, 0.1) is 0 Å². The lowest BCUT2D eigenvalue weighted by Gasteiger charge is -2.14. The maximum absolute atomic E-state index is 6.74. The van der Waals surface area contributed by atoms with E-state index < -0.39 is 0 Å². The highest BCUT2D eigenvalue weighted by Gasteiger charge is 2.23. The number of para-hydroxylation sites is 4. The molecule has 14 aromatic rings. The lowest BCUT2D eigenvalue weighted by molar-refractivity contribution is 0.669. The highest BCUT2D eigenvalue weighted by Crippen LogP contribution is 2.43. The van der Waals surface area contributed by atoms with Gasteiger partial charge in [-0.15, -0.1) is 0 Å². The van der Waals surface area contributed by atoms with E-state index in [4.69, 9.17) is 19.4 Å². The van der Waals surface area contributed by atoms with Crippen molar-refractivity contribution in [1.29, 1.82) is 0 Å². The molecule has 0 aliphatic heterocycles. The number of nitrogens with zero attached hydrogens (tertiary/aromatic N) is 5. The average molecular weight is 830 g/mol. The van der Waals surface area contributed by atoms with Gasteiger partial charge in [-0.1, -0.05) is 146 Å². The van der Waals surface area contributed by atoms with Crippen molar-refractivity contribution in [3.8, 4) is 45.5 Å². The predicted octanol–water partition coefficient (Wildman–Crippen LogP) is 15.3. The summed E-state index contributed by atoms with van der Waals surface area (Å²) in [5.74, 6) is 1.77. The summed E-state index contributed by atoms with van der Waals surface area (Å²) in [5, 5.41) is 11.3. The van der Waals surface area contributed by atoms with Crippen LogP contribution in [0.4, 0.5) is 0 Å². The first-order valence-corrected chi connectivity index (χ1v) is 21.9. The van der Waals surface area contributed by atoms with Gasteiger partial charge in [-0.25, -0.2) is 15.0 Å². The maximum Gasteiger partial charge on any atom is 0.164 e. The smallest absolute Gasteiger partial charge is 0.164 e. The van der Waals surface area contributed by atoms with E-state index in [0.717, 1.165) is 93.6 Å². The number of hydrogen-bond acceptors (Lipinski definition) is 4. The molecule has 0 radical (unpaired) electrons. The van der Waals surface area contributed by atoms with Gasteiger partial charge in [-0.2, -0.15) is 0 Å². The molecule has 0 saturated carbocycles. The highest BCUT2D eigenvalue weighted by atomic mass is 16.3. The Morgan fingerprint density at radius 3 is 1.74 bits per heavy atom. The Balaban J connectivity index is 1.06. The molecule has 65 heavy (non-hydrogen) atoms. The third-order valence-electron chi connectivity index (χ3n) is 13.1. The van der Waals surface area contributed by atoms with Gasteiger partial charge in [0, 0.05) is 60.4 Å². The Morgan fingerprint density at radius 2 is 0.923 bits per heavy atom. The SMILES string of the molecule is c1ccc(-c2nc(-c3cc4oc5ccccc5c4c4cc(-n5c6ccccc6c6cc7ccccc7cc65)ccc34)nc(-c3cccc4c3c3ccccc3n4-c3ccccc3)n2)cc1. The van der Waals surface area contributed by atoms with Gasteiger partial charge in [0.15, 0.2) is 17.5 Å². The van der Waals surface area contributed by atoms with Crippen molar-refractivity contribution in [2.24, 2.45) is 0 Å². The number of fused-ring (bicyclic) bond motifs is 12. The summed E-state index contributed by atoms with van der Waals surface area (Å²) in [6.45, 7) is 0. The second-order valence-corrected chi connectivity index (χ2v) is 16.8. The van der Waals surface area contributed by atoms with Crippen molar-refractivity contribution in [1.82, 2.24) is 24.1 Å². The van der Waals surface area contributed by atoms with Crippen LogP contribution < -0.4 is 0 Å². The van der Waals surface area contributed by atoms with Crippen LogP contribution in [0.25, 0.3) is 133 Å². The van der Waals surface area contributed by atoms with E-state index in [1.165, 1.54) is 21.5 Å². The van der Waals surface area contributed by atoms with Crippen molar-refractivity contribution in [2.45, 2.75) is 0 Å². The molecule has 0 fully saturated rings. The number of aromatic nitrogens is 5. The first-order chi connectivity index (χ1) is 32.2. The molecule has 0 aliphatic rings. The topological polar surface area (TPSA) is 61.7 Å². The molecule has 0 unspecified atom stereocenters. The second kappa shape index (κ2) is 13.8. The molecule has 0 saturated heterocycles. The third-order valence-corrected chi connectivity index (χ3v) is 13.1. The fraction of sp³-hybridized carbons (Fsp3) is 0. The van der Waals surface area contributed by atoms with Crippen molar-refractivity contribution < 1.29 is 4.42 Å². The molecular weight excluding hydrogens is 795 g/mol. The molecule has 0 spiro atoms. The molecule has 4 aromatic heterocycles. The van der Waals surface area contributed by atoms with Crippen molar-refractivity contribution >= 4 is 87.1 Å². The van der Waals surface area contributed by atoms with E-state index in [-0.39, 0.29) is 0 Å². The van der Waals surface area contributed by atoms with E-state index in [2.05, 4.69) is 191 Å². The van der Waals surface area contributed by atoms with Gasteiger partial charge in [0.2, 0.25) is 0 Å². The van der Waals surface area contributed by atoms with Crippen LogP contribution in [-0.4, -0.2) is 24.1 Å². The molecule has 302 valence electrons. The molecule has 6 heteroatoms. The van der Waals surface area contributed by atoms with Crippen molar-refractivity contribution in [2.75, 3.05) is 0 Å². The van der Waals surface area contributed by atoms with Gasteiger partial charge in [-0.05, 0) is 88.3 Å². The van der Waals surface area contributed by atoms with Crippen LogP contribution in [0.15, 0.2) is 217 Å². The standard InChI is InChI=1S/C59H35N5O/c1-3-16-36(17-4-1)57-60-58(45-25-15-28-51-55(45)43-23-10-13-27-50(43)63(51)39-20-5-2-6-21-39)62-59(61-57)48-35-54-56(44-24-11-14-29-53(44)65-54)47-34-40(30-31-41(47)48)64-49-26-12-9-22-42(49)46-32-37-18-7-8-19-38(37)33-52(46)64/h1-35H. The van der Waals surface area contributed by atoms with Crippen LogP contribution in [0.3, 0.4) is 0 Å². The molecule has 10 aromatic carbocycles. The zero-order chi connectivity index (χ0) is 42.6. The molecular formula is C59H35N5O. The van der Waals surface area contributed by atoms with E-state index in [0.29, 0.717) is 17.5 Å². The zero-order valence-electron chi connectivity index (χ0n) is 34.9. The summed E-state index contributed by atoms with van der Waals surface area (Å²) in [5.41, 5.74) is 11.0. The minimum absolute atomic E-state index is 0.570. The minimum Gasteiger partial charge on any atom is -0.456 e. The Kier molecular flexibility index (Phi) is 7.59. The van der Waals surface area contributed by atoms with Crippen molar-refractivity contribution in [3.05, 3.63) is 212 Å². The largest absolute Gasteiger partial charge is 0.456 e. The van der Waals surface area contributed by atoms with E-state index in [9.17, 15) is 0 Å². The normalized spacial score (nSPS) is 12.0. The van der Waals surface area contributed by atoms with E-state index in [1.807, 2.05) is 30.3 Å². The molecule has 0 N–H and O–H groups in total. The Morgan fingerprint density at radius 1 is 0.308 bits per heavy atom. The monoisotopic (exact) mass is 829 g/mol. The molecule has 4 heterocycles. The fourth-order valence-electron chi connectivity index (χ4n) is 10.3. The molecule has 0 amide bonds. The van der Waals surface area contributed by atoms with E-state index in [1.54, 1.807) is 0 Å². The summed E-state index contributed by atoms with van der Waals surface area (Å²) >= 11 is 0. The van der Waals surface area contributed by atoms with Gasteiger partial charge in [0.05, 0.1) is 22.1 Å². The van der Waals surface area contributed by atoms with Gasteiger partial charge >= 0.3 is 0 Å². The van der Waals surface area contributed by atoms with Crippen LogP contribution in [0.2, 0.25) is 0 Å². The number of rotatable bonds is 5. The van der Waals surface area contributed by atoms with Crippen LogP contribution in [-0.2, 0) is 0 Å². The maximum atomic E-state index is 6.74. The van der Waals surface area contributed by atoms with Gasteiger partial charge in [-0.3, -0.25) is 0 Å². The quantitative estimate of drug-likeness (QED) is 0.173. The summed E-state index contributed by atoms with van der Waals surface area (Å²) in [6, 6.07) is 74.9. The van der Waals surface area contributed by atoms with Crippen LogP contribution in [0.5, 0.6) is 0 Å². The van der Waals surface area contributed by atoms with Crippen molar-refractivity contribution in [3.63, 3.8) is 0 Å². The summed E-state index contributed by atoms with van der Waals surface area (Å²) in [7, 11) is 0. The van der Waals surface area contributed by atoms with Crippen LogP contribution >= 0.6 is 0 Å². The fourth-order valence-corrected chi connectivity index (χ4v) is 10.3. The first kappa shape index (κ1) is 35.7. The average Bonchev–Trinajstić information content (AvgIpc) is 4.03. The lowest BCUT2D eigenvalue weighted by atomic mass is 9.97. The highest BCUT2D eigenvalue weighted by molar-refractivity contribution is 6.23. The van der Waals surface area contributed by atoms with Gasteiger partial charge in [0.25, 0.3) is 0 Å². The predicted molar refractivity (Wildman–Crippen MR) is 267 cm³/mol. The minimum atomic E-state index is 0.570. The number of benzene rings is 10. The third kappa shape index (κ3) is 5.38.